The first-order valence-electron chi connectivity index (χ1n) is 7.94. The molecule has 6 heteroatoms. The normalized spacial score (nSPS) is 17.9. The molecule has 2 heterocycles. The minimum absolute atomic E-state index is 0.0800. The van der Waals surface area contributed by atoms with Gasteiger partial charge in [-0.1, -0.05) is 19.1 Å². The van der Waals surface area contributed by atoms with Crippen molar-refractivity contribution < 1.29 is 9.53 Å². The van der Waals surface area contributed by atoms with Gasteiger partial charge in [0.05, 0.1) is 12.7 Å². The minimum atomic E-state index is -0.191. The van der Waals surface area contributed by atoms with E-state index in [1.165, 1.54) is 0 Å². The molecule has 0 aliphatic carbocycles. The summed E-state index contributed by atoms with van der Waals surface area (Å²) in [5.74, 6) is -0.191. The molecule has 1 saturated heterocycles. The lowest BCUT2D eigenvalue weighted by Gasteiger charge is -2.24. The highest BCUT2D eigenvalue weighted by atomic mass is 16.5. The molecule has 1 amide bonds. The van der Waals surface area contributed by atoms with Crippen LogP contribution in [0.3, 0.4) is 0 Å². The predicted octanol–water partition coefficient (Wildman–Crippen LogP) is 1.90. The molecule has 1 fully saturated rings. The number of nitrogens with one attached hydrogen (secondary N) is 2. The second kappa shape index (κ2) is 6.93. The third kappa shape index (κ3) is 3.60. The number of aromatic nitrogens is 2. The Balaban J connectivity index is 1.66. The van der Waals surface area contributed by atoms with Gasteiger partial charge in [0.2, 0.25) is 0 Å². The van der Waals surface area contributed by atoms with Gasteiger partial charge in [-0.15, -0.1) is 0 Å². The summed E-state index contributed by atoms with van der Waals surface area (Å²) >= 11 is 0. The number of rotatable bonds is 4. The number of ether oxygens (including phenoxy) is 1. The maximum Gasteiger partial charge on any atom is 0.276 e. The van der Waals surface area contributed by atoms with E-state index in [1.807, 2.05) is 44.3 Å². The first kappa shape index (κ1) is 15.7. The van der Waals surface area contributed by atoms with Gasteiger partial charge in [0.25, 0.3) is 5.91 Å². The quantitative estimate of drug-likeness (QED) is 0.904. The summed E-state index contributed by atoms with van der Waals surface area (Å²) in [7, 11) is 1.85. The van der Waals surface area contributed by atoms with Crippen LogP contribution in [0.15, 0.2) is 30.3 Å². The lowest BCUT2D eigenvalue weighted by molar-refractivity contribution is 0.0277. The second-order valence-electron chi connectivity index (χ2n) is 5.64. The zero-order valence-corrected chi connectivity index (χ0v) is 13.5. The van der Waals surface area contributed by atoms with Crippen molar-refractivity contribution in [1.82, 2.24) is 15.1 Å². The molecule has 0 unspecified atom stereocenters. The number of anilines is 1. The van der Waals surface area contributed by atoms with E-state index in [0.29, 0.717) is 5.69 Å². The van der Waals surface area contributed by atoms with Crippen molar-refractivity contribution in [3.63, 3.8) is 0 Å². The first-order valence-corrected chi connectivity index (χ1v) is 7.94. The van der Waals surface area contributed by atoms with E-state index in [1.54, 1.807) is 4.68 Å². The Morgan fingerprint density at radius 3 is 2.83 bits per heavy atom. The zero-order valence-electron chi connectivity index (χ0n) is 13.5. The number of amides is 1. The molecule has 23 heavy (non-hydrogen) atoms. The largest absolute Gasteiger partial charge is 0.371 e. The number of nitrogens with zero attached hydrogens (tertiary/aromatic N) is 2. The van der Waals surface area contributed by atoms with Crippen molar-refractivity contribution in [3.05, 3.63) is 47.3 Å². The van der Waals surface area contributed by atoms with Crippen LogP contribution >= 0.6 is 0 Å². The number of carbonyl (C=O) groups excluding carboxylic acids is 1. The van der Waals surface area contributed by atoms with E-state index < -0.39 is 0 Å². The topological polar surface area (TPSA) is 68.2 Å². The van der Waals surface area contributed by atoms with Crippen molar-refractivity contribution >= 4 is 11.6 Å². The van der Waals surface area contributed by atoms with Gasteiger partial charge in [-0.3, -0.25) is 9.48 Å². The fourth-order valence-electron chi connectivity index (χ4n) is 2.70. The predicted molar refractivity (Wildman–Crippen MR) is 88.5 cm³/mol. The van der Waals surface area contributed by atoms with E-state index in [2.05, 4.69) is 15.7 Å². The van der Waals surface area contributed by atoms with Gasteiger partial charge >= 0.3 is 0 Å². The van der Waals surface area contributed by atoms with E-state index in [0.717, 1.165) is 43.1 Å². The second-order valence-corrected chi connectivity index (χ2v) is 5.64. The lowest BCUT2D eigenvalue weighted by Crippen LogP contribution is -2.33. The first-order chi connectivity index (χ1) is 11.2. The molecule has 1 aliphatic heterocycles. The van der Waals surface area contributed by atoms with Gasteiger partial charge in [0.15, 0.2) is 5.69 Å². The number of benzene rings is 1. The number of hydrogen-bond donors (Lipinski definition) is 2. The molecule has 0 spiro atoms. The molecule has 122 valence electrons. The van der Waals surface area contributed by atoms with Crippen LogP contribution in [-0.4, -0.2) is 35.4 Å². The van der Waals surface area contributed by atoms with E-state index in [9.17, 15) is 4.79 Å². The Hall–Kier alpha value is -2.18. The van der Waals surface area contributed by atoms with Crippen LogP contribution in [0.2, 0.25) is 0 Å². The molecule has 1 aliphatic rings. The molecule has 6 nitrogen and oxygen atoms in total. The van der Waals surface area contributed by atoms with E-state index in [4.69, 9.17) is 4.74 Å². The van der Waals surface area contributed by atoms with Crippen LogP contribution in [0.1, 0.15) is 34.8 Å². The summed E-state index contributed by atoms with van der Waals surface area (Å²) in [5, 5.41) is 10.4. The van der Waals surface area contributed by atoms with Gasteiger partial charge in [0, 0.05) is 31.5 Å². The molecule has 1 atom stereocenters. The fourth-order valence-corrected chi connectivity index (χ4v) is 2.70. The Bertz CT molecular complexity index is 672. The fraction of sp³-hybridized carbons (Fsp3) is 0.412. The third-order valence-electron chi connectivity index (χ3n) is 4.04. The summed E-state index contributed by atoms with van der Waals surface area (Å²) in [4.78, 5) is 12.3. The lowest BCUT2D eigenvalue weighted by atomic mass is 10.1. The van der Waals surface area contributed by atoms with Gasteiger partial charge in [-0.2, -0.15) is 5.10 Å². The minimum Gasteiger partial charge on any atom is -0.371 e. The summed E-state index contributed by atoms with van der Waals surface area (Å²) in [5.41, 5.74) is 3.34. The Labute approximate surface area is 135 Å². The highest BCUT2D eigenvalue weighted by Crippen LogP contribution is 2.21. The van der Waals surface area contributed by atoms with Crippen LogP contribution < -0.4 is 10.6 Å². The monoisotopic (exact) mass is 314 g/mol. The smallest absolute Gasteiger partial charge is 0.276 e. The van der Waals surface area contributed by atoms with Crippen LogP contribution in [0.5, 0.6) is 0 Å². The Morgan fingerprint density at radius 2 is 2.22 bits per heavy atom. The standard InChI is InChI=1S/C17H22N4O2/c1-3-14-10-15(20-21(14)2)17(22)19-13-6-4-12(5-7-13)16-11-18-8-9-23-16/h4-7,10,16,18H,3,8-9,11H2,1-2H3,(H,19,22)/t16-/m1/s1. The van der Waals surface area contributed by atoms with E-state index >= 15 is 0 Å². The molecule has 0 bridgehead atoms. The van der Waals surface area contributed by atoms with Crippen LogP contribution in [0, 0.1) is 0 Å². The third-order valence-corrected chi connectivity index (χ3v) is 4.04. The zero-order chi connectivity index (χ0) is 16.2. The average Bonchev–Trinajstić information content (AvgIpc) is 2.97. The van der Waals surface area contributed by atoms with Gasteiger partial charge in [0.1, 0.15) is 0 Å². The van der Waals surface area contributed by atoms with Gasteiger partial charge in [-0.25, -0.2) is 0 Å². The molecule has 1 aromatic heterocycles. The van der Waals surface area contributed by atoms with Crippen molar-refractivity contribution in [2.45, 2.75) is 19.4 Å². The highest BCUT2D eigenvalue weighted by molar-refractivity contribution is 6.02. The molecular formula is C17H22N4O2. The maximum atomic E-state index is 12.3. The molecular weight excluding hydrogens is 292 g/mol. The van der Waals surface area contributed by atoms with Gasteiger partial charge in [-0.05, 0) is 30.2 Å². The van der Waals surface area contributed by atoms with Gasteiger partial charge < -0.3 is 15.4 Å². The Kier molecular flexibility index (Phi) is 4.73. The SMILES string of the molecule is CCc1cc(C(=O)Nc2ccc([C@H]3CNCCO3)cc2)nn1C. The number of morpholine rings is 1. The number of aryl methyl sites for hydroxylation is 2. The Morgan fingerprint density at radius 1 is 1.43 bits per heavy atom. The average molecular weight is 314 g/mol. The van der Waals surface area contributed by atoms with Crippen molar-refractivity contribution in [3.8, 4) is 0 Å². The van der Waals surface area contributed by atoms with E-state index in [-0.39, 0.29) is 12.0 Å². The summed E-state index contributed by atoms with van der Waals surface area (Å²) in [6.45, 7) is 4.48. The van der Waals surface area contributed by atoms with Crippen molar-refractivity contribution in [1.29, 1.82) is 0 Å². The molecule has 2 aromatic rings. The van der Waals surface area contributed by atoms with Crippen LogP contribution in [0.4, 0.5) is 5.69 Å². The number of hydrogen-bond acceptors (Lipinski definition) is 4. The van der Waals surface area contributed by atoms with Crippen LogP contribution in [0.25, 0.3) is 0 Å². The molecule has 3 rings (SSSR count). The molecule has 0 saturated carbocycles. The maximum absolute atomic E-state index is 12.3. The highest BCUT2D eigenvalue weighted by Gasteiger charge is 2.16. The molecule has 1 aromatic carbocycles. The number of carbonyl (C=O) groups is 1. The molecule has 2 N–H and O–H groups in total. The summed E-state index contributed by atoms with van der Waals surface area (Å²) in [6.07, 6.45) is 0.928. The summed E-state index contributed by atoms with van der Waals surface area (Å²) in [6, 6.07) is 9.60. The van der Waals surface area contributed by atoms with Crippen molar-refractivity contribution in [2.75, 3.05) is 25.0 Å². The van der Waals surface area contributed by atoms with Crippen molar-refractivity contribution in [2.24, 2.45) is 7.05 Å². The molecule has 0 radical (unpaired) electrons. The van der Waals surface area contributed by atoms with Crippen LogP contribution in [-0.2, 0) is 18.2 Å². The summed E-state index contributed by atoms with van der Waals surface area (Å²) < 4.78 is 7.46.